The number of anilines is 1. The summed E-state index contributed by atoms with van der Waals surface area (Å²) in [5, 5.41) is 8.48. The summed E-state index contributed by atoms with van der Waals surface area (Å²) < 4.78 is 7.31. The summed E-state index contributed by atoms with van der Waals surface area (Å²) in [7, 11) is 1.69. The highest BCUT2D eigenvalue weighted by molar-refractivity contribution is 7.98. The number of aryl methyl sites for hydroxylation is 1. The molecule has 0 amide bonds. The Balaban J connectivity index is 2.00. The normalized spacial score (nSPS) is 14.1. The molecule has 2 aromatic rings. The van der Waals surface area contributed by atoms with Crippen LogP contribution in [0.1, 0.15) is 24.1 Å². The Hall–Kier alpha value is -1.62. The third kappa shape index (κ3) is 3.09. The van der Waals surface area contributed by atoms with Crippen molar-refractivity contribution in [2.75, 3.05) is 31.0 Å². The first-order valence-corrected chi connectivity index (χ1v) is 9.21. The fourth-order valence-corrected chi connectivity index (χ4v) is 3.28. The van der Waals surface area contributed by atoms with Gasteiger partial charge in [0.15, 0.2) is 0 Å². The summed E-state index contributed by atoms with van der Waals surface area (Å²) in [6, 6.07) is 8.11. The lowest BCUT2D eigenvalue weighted by Crippen LogP contribution is -2.07. The molecular weight excluding hydrogens is 294 g/mol. The zero-order valence-corrected chi connectivity index (χ0v) is 14.1. The first kappa shape index (κ1) is 15.3. The Labute approximate surface area is 136 Å². The number of benzene rings is 1. The number of hydrogen-bond acceptors (Lipinski definition) is 4. The third-order valence-corrected chi connectivity index (χ3v) is 4.69. The number of ether oxygens (including phenoxy) is 1. The quantitative estimate of drug-likeness (QED) is 0.915. The zero-order chi connectivity index (χ0) is 15.4. The lowest BCUT2D eigenvalue weighted by Gasteiger charge is -2.09. The Morgan fingerprint density at radius 3 is 2.82 bits per heavy atom. The van der Waals surface area contributed by atoms with Gasteiger partial charge in [-0.3, -0.25) is 0 Å². The van der Waals surface area contributed by atoms with Crippen LogP contribution in [0.15, 0.2) is 24.3 Å². The second-order valence-electron chi connectivity index (χ2n) is 5.51. The average molecular weight is 317 g/mol. The van der Waals surface area contributed by atoms with Crippen LogP contribution in [0.4, 0.5) is 5.82 Å². The molecule has 1 aliphatic rings. The fraction of sp³-hybridized carbons (Fsp3) is 0.471. The van der Waals surface area contributed by atoms with Crippen LogP contribution in [0.3, 0.4) is 0 Å². The van der Waals surface area contributed by atoms with Gasteiger partial charge in [0.2, 0.25) is 0 Å². The summed E-state index contributed by atoms with van der Waals surface area (Å²) in [4.78, 5) is 0. The predicted octanol–water partition coefficient (Wildman–Crippen LogP) is 3.53. The first-order chi connectivity index (χ1) is 10.8. The van der Waals surface area contributed by atoms with Gasteiger partial charge in [-0.25, -0.2) is 4.68 Å². The SMILES string of the molecule is COc1ccc(-n2nc(CCSC)c3c2NCCCC3)cc1. The van der Waals surface area contributed by atoms with Gasteiger partial charge in [0.05, 0.1) is 18.5 Å². The van der Waals surface area contributed by atoms with Crippen LogP contribution in [-0.2, 0) is 12.8 Å². The highest BCUT2D eigenvalue weighted by atomic mass is 32.2. The standard InChI is InChI=1S/C17H23N3OS/c1-21-14-8-6-13(7-9-14)20-17-15(5-3-4-11-18-17)16(19-20)10-12-22-2/h6-9,18H,3-5,10-12H2,1-2H3. The van der Waals surface area contributed by atoms with Crippen LogP contribution in [0, 0.1) is 0 Å². The van der Waals surface area contributed by atoms with Gasteiger partial charge in [-0.15, -0.1) is 0 Å². The topological polar surface area (TPSA) is 39.1 Å². The van der Waals surface area contributed by atoms with Crippen molar-refractivity contribution in [2.24, 2.45) is 0 Å². The largest absolute Gasteiger partial charge is 0.497 e. The van der Waals surface area contributed by atoms with Gasteiger partial charge in [-0.05, 0) is 55.5 Å². The summed E-state index contributed by atoms with van der Waals surface area (Å²) in [5.41, 5.74) is 3.73. The van der Waals surface area contributed by atoms with E-state index in [-0.39, 0.29) is 0 Å². The highest BCUT2D eigenvalue weighted by Gasteiger charge is 2.20. The summed E-state index contributed by atoms with van der Waals surface area (Å²) in [6.45, 7) is 1.02. The second kappa shape index (κ2) is 7.09. The van der Waals surface area contributed by atoms with Gasteiger partial charge >= 0.3 is 0 Å². The van der Waals surface area contributed by atoms with Crippen LogP contribution in [0.2, 0.25) is 0 Å². The Morgan fingerprint density at radius 2 is 2.09 bits per heavy atom. The molecule has 0 unspecified atom stereocenters. The van der Waals surface area contributed by atoms with E-state index in [2.05, 4.69) is 28.4 Å². The van der Waals surface area contributed by atoms with Crippen LogP contribution in [0.5, 0.6) is 5.75 Å². The summed E-state index contributed by atoms with van der Waals surface area (Å²) >= 11 is 1.88. The van der Waals surface area contributed by atoms with Gasteiger partial charge in [-0.2, -0.15) is 16.9 Å². The molecular formula is C17H23N3OS. The molecule has 0 saturated carbocycles. The Bertz CT molecular complexity index is 622. The van der Waals surface area contributed by atoms with Gasteiger partial charge in [0, 0.05) is 18.5 Å². The lowest BCUT2D eigenvalue weighted by molar-refractivity contribution is 0.414. The molecule has 118 valence electrons. The van der Waals surface area contributed by atoms with E-state index in [0.717, 1.165) is 36.6 Å². The maximum atomic E-state index is 5.25. The number of rotatable bonds is 5. The van der Waals surface area contributed by atoms with E-state index in [0.29, 0.717) is 0 Å². The first-order valence-electron chi connectivity index (χ1n) is 7.81. The van der Waals surface area contributed by atoms with Gasteiger partial charge in [0.25, 0.3) is 0 Å². The van der Waals surface area contributed by atoms with Crippen molar-refractivity contribution in [1.82, 2.24) is 9.78 Å². The van der Waals surface area contributed by atoms with Crippen LogP contribution < -0.4 is 10.1 Å². The van der Waals surface area contributed by atoms with Crippen molar-refractivity contribution < 1.29 is 4.74 Å². The molecule has 0 fully saturated rings. The third-order valence-electron chi connectivity index (χ3n) is 4.07. The van der Waals surface area contributed by atoms with E-state index < -0.39 is 0 Å². The molecule has 2 heterocycles. The number of hydrogen-bond donors (Lipinski definition) is 1. The van der Waals surface area contributed by atoms with Crippen molar-refractivity contribution in [2.45, 2.75) is 25.7 Å². The van der Waals surface area contributed by atoms with Crippen molar-refractivity contribution in [3.63, 3.8) is 0 Å². The minimum atomic E-state index is 0.873. The molecule has 0 aliphatic carbocycles. The molecule has 22 heavy (non-hydrogen) atoms. The molecule has 5 heteroatoms. The maximum Gasteiger partial charge on any atom is 0.133 e. The summed E-state index contributed by atoms with van der Waals surface area (Å²) in [6.07, 6.45) is 6.77. The minimum Gasteiger partial charge on any atom is -0.497 e. The molecule has 4 nitrogen and oxygen atoms in total. The number of thioether (sulfide) groups is 1. The Kier molecular flexibility index (Phi) is 4.93. The molecule has 1 aromatic heterocycles. The number of methoxy groups -OCH3 is 1. The molecule has 0 bridgehead atoms. The summed E-state index contributed by atoms with van der Waals surface area (Å²) in [5.74, 6) is 3.17. The van der Waals surface area contributed by atoms with E-state index in [4.69, 9.17) is 9.84 Å². The predicted molar refractivity (Wildman–Crippen MR) is 93.6 cm³/mol. The maximum absolute atomic E-state index is 5.25. The van der Waals surface area contributed by atoms with E-state index in [9.17, 15) is 0 Å². The van der Waals surface area contributed by atoms with Gasteiger partial charge in [0.1, 0.15) is 11.6 Å². The molecule has 1 N–H and O–H groups in total. The zero-order valence-electron chi connectivity index (χ0n) is 13.3. The van der Waals surface area contributed by atoms with Crippen molar-refractivity contribution in [1.29, 1.82) is 0 Å². The highest BCUT2D eigenvalue weighted by Crippen LogP contribution is 2.29. The van der Waals surface area contributed by atoms with E-state index in [1.165, 1.54) is 29.9 Å². The molecule has 0 radical (unpaired) electrons. The minimum absolute atomic E-state index is 0.873. The Morgan fingerprint density at radius 1 is 1.27 bits per heavy atom. The fourth-order valence-electron chi connectivity index (χ4n) is 2.88. The van der Waals surface area contributed by atoms with Crippen molar-refractivity contribution in [3.05, 3.63) is 35.5 Å². The number of nitrogens with one attached hydrogen (secondary N) is 1. The number of nitrogens with zero attached hydrogens (tertiary/aromatic N) is 2. The molecule has 3 rings (SSSR count). The second-order valence-corrected chi connectivity index (χ2v) is 6.50. The van der Waals surface area contributed by atoms with E-state index in [1.807, 2.05) is 23.9 Å². The number of fused-ring (bicyclic) bond motifs is 1. The number of aromatic nitrogens is 2. The van der Waals surface area contributed by atoms with Gasteiger partial charge < -0.3 is 10.1 Å². The van der Waals surface area contributed by atoms with Crippen molar-refractivity contribution in [3.8, 4) is 11.4 Å². The smallest absolute Gasteiger partial charge is 0.133 e. The monoisotopic (exact) mass is 317 g/mol. The molecule has 1 aliphatic heterocycles. The van der Waals surface area contributed by atoms with Crippen LogP contribution >= 0.6 is 11.8 Å². The molecule has 0 spiro atoms. The van der Waals surface area contributed by atoms with Gasteiger partial charge in [-0.1, -0.05) is 0 Å². The molecule has 0 atom stereocenters. The van der Waals surface area contributed by atoms with Crippen LogP contribution in [-0.4, -0.2) is 35.4 Å². The molecule has 0 saturated heterocycles. The van der Waals surface area contributed by atoms with E-state index in [1.54, 1.807) is 7.11 Å². The molecule has 1 aromatic carbocycles. The van der Waals surface area contributed by atoms with Crippen LogP contribution in [0.25, 0.3) is 5.69 Å². The van der Waals surface area contributed by atoms with E-state index >= 15 is 0 Å². The average Bonchev–Trinajstić information content (AvgIpc) is 2.74. The lowest BCUT2D eigenvalue weighted by atomic mass is 10.1. The van der Waals surface area contributed by atoms with Crippen molar-refractivity contribution >= 4 is 17.6 Å².